The number of esters is 3. The predicted molar refractivity (Wildman–Crippen MR) is 266 cm³/mol. The molecule has 0 aromatic rings. The van der Waals surface area contributed by atoms with Gasteiger partial charge in [-0.1, -0.05) is 258 Å². The summed E-state index contributed by atoms with van der Waals surface area (Å²) < 4.78 is 16.8. The average Bonchev–Trinajstić information content (AvgIpc) is 3.27. The van der Waals surface area contributed by atoms with Crippen molar-refractivity contribution >= 4 is 17.9 Å². The lowest BCUT2D eigenvalue weighted by Gasteiger charge is -2.18. The predicted octanol–water partition coefficient (Wildman–Crippen LogP) is 18.2. The van der Waals surface area contributed by atoms with Gasteiger partial charge in [-0.25, -0.2) is 0 Å². The van der Waals surface area contributed by atoms with E-state index in [1.807, 2.05) is 0 Å². The third-order valence-electron chi connectivity index (χ3n) is 12.5. The van der Waals surface area contributed by atoms with Crippen LogP contribution in [0.2, 0.25) is 0 Å². The summed E-state index contributed by atoms with van der Waals surface area (Å²) in [5.41, 5.74) is 0. The highest BCUT2D eigenvalue weighted by atomic mass is 16.6. The summed E-state index contributed by atoms with van der Waals surface area (Å²) in [5, 5.41) is 0. The molecule has 0 saturated carbocycles. The Kier molecular flexibility index (Phi) is 50.2. The molecule has 0 fully saturated rings. The maximum atomic E-state index is 12.8. The number of rotatable bonds is 51. The molecule has 0 aliphatic rings. The van der Waals surface area contributed by atoms with Crippen LogP contribution >= 0.6 is 0 Å². The lowest BCUT2D eigenvalue weighted by atomic mass is 10.0. The fourth-order valence-electron chi connectivity index (χ4n) is 8.32. The van der Waals surface area contributed by atoms with Crippen LogP contribution < -0.4 is 0 Å². The van der Waals surface area contributed by atoms with Gasteiger partial charge in [-0.05, 0) is 44.9 Å². The minimum absolute atomic E-state index is 0.0667. The minimum Gasteiger partial charge on any atom is -0.462 e. The van der Waals surface area contributed by atoms with Crippen molar-refractivity contribution < 1.29 is 28.6 Å². The summed E-state index contributed by atoms with van der Waals surface area (Å²) in [6, 6.07) is 0. The molecule has 62 heavy (non-hydrogen) atoms. The van der Waals surface area contributed by atoms with E-state index in [2.05, 4.69) is 32.9 Å². The smallest absolute Gasteiger partial charge is 0.306 e. The third kappa shape index (κ3) is 49.2. The van der Waals surface area contributed by atoms with Gasteiger partial charge >= 0.3 is 17.9 Å². The Hall–Kier alpha value is -1.85. The van der Waals surface area contributed by atoms with Gasteiger partial charge in [0.2, 0.25) is 0 Å². The zero-order chi connectivity index (χ0) is 45.1. The van der Waals surface area contributed by atoms with Gasteiger partial charge in [0.25, 0.3) is 0 Å². The van der Waals surface area contributed by atoms with Crippen molar-refractivity contribution in [2.24, 2.45) is 0 Å². The molecule has 6 heteroatoms. The van der Waals surface area contributed by atoms with Gasteiger partial charge < -0.3 is 14.2 Å². The Bertz CT molecular complexity index is 962. The number of hydrogen-bond acceptors (Lipinski definition) is 6. The van der Waals surface area contributed by atoms with E-state index in [0.717, 1.165) is 64.2 Å². The molecule has 0 aromatic carbocycles. The zero-order valence-electron chi connectivity index (χ0n) is 41.9. The molecule has 366 valence electrons. The van der Waals surface area contributed by atoms with Crippen molar-refractivity contribution in [2.45, 2.75) is 316 Å². The van der Waals surface area contributed by atoms with Gasteiger partial charge in [0, 0.05) is 19.3 Å². The monoisotopic (exact) mass is 875 g/mol. The first-order chi connectivity index (χ1) is 30.5. The normalized spacial score (nSPS) is 12.0. The molecule has 0 heterocycles. The van der Waals surface area contributed by atoms with Gasteiger partial charge in [-0.15, -0.1) is 0 Å². The van der Waals surface area contributed by atoms with E-state index in [9.17, 15) is 14.4 Å². The summed E-state index contributed by atoms with van der Waals surface area (Å²) in [6.07, 6.45) is 57.6. The van der Waals surface area contributed by atoms with Gasteiger partial charge in [-0.2, -0.15) is 0 Å². The minimum atomic E-state index is -0.766. The first-order valence-electron chi connectivity index (χ1n) is 27.7. The van der Waals surface area contributed by atoms with Crippen LogP contribution in [0.5, 0.6) is 0 Å². The average molecular weight is 875 g/mol. The van der Waals surface area contributed by atoms with Crippen LogP contribution in [0.15, 0.2) is 12.2 Å². The Morgan fingerprint density at radius 1 is 0.306 bits per heavy atom. The lowest BCUT2D eigenvalue weighted by Crippen LogP contribution is -2.30. The zero-order valence-corrected chi connectivity index (χ0v) is 41.9. The molecule has 6 nitrogen and oxygen atoms in total. The fourth-order valence-corrected chi connectivity index (χ4v) is 8.32. The first kappa shape index (κ1) is 60.2. The molecule has 0 spiro atoms. The van der Waals surface area contributed by atoms with Crippen LogP contribution in [0.4, 0.5) is 0 Å². The Balaban J connectivity index is 4.33. The molecular formula is C56H106O6. The van der Waals surface area contributed by atoms with Crippen molar-refractivity contribution in [3.05, 3.63) is 12.2 Å². The lowest BCUT2D eigenvalue weighted by molar-refractivity contribution is -0.167. The number of unbranched alkanes of at least 4 members (excludes halogenated alkanes) is 38. The standard InChI is InChI=1S/C56H106O6/c1-4-7-10-13-16-19-22-25-28-31-34-37-40-43-46-49-55(58)61-52-53(51-60-54(57)48-45-42-39-36-33-30-27-24-21-18-15-12-9-6-3)62-56(59)50-47-44-41-38-35-32-29-26-23-20-17-14-11-8-5-2/h25,28,53H,4-24,26-27,29-52H2,1-3H3/b28-25-. The van der Waals surface area contributed by atoms with Crippen LogP contribution in [0, 0.1) is 0 Å². The summed E-state index contributed by atoms with van der Waals surface area (Å²) in [5.74, 6) is -0.854. The maximum Gasteiger partial charge on any atom is 0.306 e. The molecule has 0 aromatic heterocycles. The van der Waals surface area contributed by atoms with Crippen LogP contribution in [0.1, 0.15) is 310 Å². The van der Waals surface area contributed by atoms with E-state index >= 15 is 0 Å². The summed E-state index contributed by atoms with van der Waals surface area (Å²) >= 11 is 0. The van der Waals surface area contributed by atoms with E-state index in [0.29, 0.717) is 19.3 Å². The molecule has 0 rings (SSSR count). The van der Waals surface area contributed by atoms with E-state index < -0.39 is 6.10 Å². The molecule has 0 amide bonds. The SMILES string of the molecule is CCCCCCCC/C=C\CCCCCCCC(=O)OCC(COC(=O)CCCCCCCCCCCCCCCC)OC(=O)CCCCCCCCCCCCCCCCC. The summed E-state index contributed by atoms with van der Waals surface area (Å²) in [7, 11) is 0. The summed E-state index contributed by atoms with van der Waals surface area (Å²) in [4.78, 5) is 38.0. The van der Waals surface area contributed by atoms with Crippen LogP contribution in [-0.2, 0) is 28.6 Å². The van der Waals surface area contributed by atoms with Crippen molar-refractivity contribution in [1.29, 1.82) is 0 Å². The molecule has 0 radical (unpaired) electrons. The summed E-state index contributed by atoms with van der Waals surface area (Å²) in [6.45, 7) is 6.67. The topological polar surface area (TPSA) is 78.9 Å². The molecule has 0 saturated heterocycles. The molecule has 0 aliphatic heterocycles. The van der Waals surface area contributed by atoms with E-state index in [1.54, 1.807) is 0 Å². The van der Waals surface area contributed by atoms with Gasteiger partial charge in [0.15, 0.2) is 6.10 Å². The van der Waals surface area contributed by atoms with E-state index in [-0.39, 0.29) is 31.1 Å². The van der Waals surface area contributed by atoms with Gasteiger partial charge in [0.05, 0.1) is 0 Å². The number of hydrogen-bond donors (Lipinski definition) is 0. The van der Waals surface area contributed by atoms with Crippen molar-refractivity contribution in [3.63, 3.8) is 0 Å². The molecule has 0 N–H and O–H groups in total. The fraction of sp³-hybridized carbons (Fsp3) is 0.911. The highest BCUT2D eigenvalue weighted by Gasteiger charge is 2.19. The number of carbonyl (C=O) groups excluding carboxylic acids is 3. The number of allylic oxidation sites excluding steroid dienone is 2. The second kappa shape index (κ2) is 51.8. The number of carbonyl (C=O) groups is 3. The maximum absolute atomic E-state index is 12.8. The van der Waals surface area contributed by atoms with Crippen molar-refractivity contribution in [3.8, 4) is 0 Å². The van der Waals surface area contributed by atoms with Gasteiger partial charge in [-0.3, -0.25) is 14.4 Å². The Labute approximate surface area is 386 Å². The van der Waals surface area contributed by atoms with Crippen molar-refractivity contribution in [1.82, 2.24) is 0 Å². The largest absolute Gasteiger partial charge is 0.462 e. The van der Waals surface area contributed by atoms with E-state index in [1.165, 1.54) is 205 Å². The Morgan fingerprint density at radius 3 is 0.806 bits per heavy atom. The van der Waals surface area contributed by atoms with Gasteiger partial charge in [0.1, 0.15) is 13.2 Å². The van der Waals surface area contributed by atoms with Crippen LogP contribution in [0.3, 0.4) is 0 Å². The highest BCUT2D eigenvalue weighted by Crippen LogP contribution is 2.17. The van der Waals surface area contributed by atoms with E-state index in [4.69, 9.17) is 14.2 Å². The molecule has 1 unspecified atom stereocenters. The van der Waals surface area contributed by atoms with Crippen molar-refractivity contribution in [2.75, 3.05) is 13.2 Å². The quantitative estimate of drug-likeness (QED) is 0.0262. The second-order valence-corrected chi connectivity index (χ2v) is 18.9. The van der Waals surface area contributed by atoms with Crippen LogP contribution in [-0.4, -0.2) is 37.2 Å². The second-order valence-electron chi connectivity index (χ2n) is 18.9. The highest BCUT2D eigenvalue weighted by molar-refractivity contribution is 5.71. The molecular weight excluding hydrogens is 769 g/mol. The van der Waals surface area contributed by atoms with Crippen LogP contribution in [0.25, 0.3) is 0 Å². The molecule has 0 bridgehead atoms. The Morgan fingerprint density at radius 2 is 0.532 bits per heavy atom. The number of ether oxygens (including phenoxy) is 3. The third-order valence-corrected chi connectivity index (χ3v) is 12.5. The first-order valence-corrected chi connectivity index (χ1v) is 27.7. The molecule has 0 aliphatic carbocycles. The molecule has 1 atom stereocenters.